The summed E-state index contributed by atoms with van der Waals surface area (Å²) < 4.78 is 73.2. The average Bonchev–Trinajstić information content (AvgIpc) is 2.32. The van der Waals surface area contributed by atoms with Gasteiger partial charge in [-0.05, 0) is 24.6 Å². The summed E-state index contributed by atoms with van der Waals surface area (Å²) in [5, 5.41) is 3.45. The number of benzene rings is 1. The van der Waals surface area contributed by atoms with Crippen LogP contribution in [0.5, 0.6) is 0 Å². The van der Waals surface area contributed by atoms with Crippen molar-refractivity contribution in [1.82, 2.24) is 0 Å². The summed E-state index contributed by atoms with van der Waals surface area (Å²) in [4.78, 5) is 3.90. The van der Waals surface area contributed by atoms with E-state index in [-0.39, 0.29) is 5.71 Å². The fourth-order valence-electron chi connectivity index (χ4n) is 1.17. The number of nitrogens with zero attached hydrogens (tertiary/aromatic N) is 1. The molecule has 116 valence electrons. The number of halogens is 7. The van der Waals surface area contributed by atoms with Crippen molar-refractivity contribution in [3.63, 3.8) is 0 Å². The normalized spacial score (nSPS) is 14.3. The average molecular weight is 332 g/mol. The Morgan fingerprint density at radius 2 is 1.62 bits per heavy atom. The molecule has 0 atom stereocenters. The van der Waals surface area contributed by atoms with Gasteiger partial charge in [-0.15, -0.1) is 0 Å². The highest BCUT2D eigenvalue weighted by molar-refractivity contribution is 6.30. The number of allylic oxidation sites excluding steroid dienone is 2. The van der Waals surface area contributed by atoms with Gasteiger partial charge in [0, 0.05) is 5.02 Å². The van der Waals surface area contributed by atoms with E-state index in [1.165, 1.54) is 31.2 Å². The third kappa shape index (κ3) is 6.07. The molecule has 0 amide bonds. The molecule has 1 aromatic rings. The highest BCUT2D eigenvalue weighted by Crippen LogP contribution is 2.31. The summed E-state index contributed by atoms with van der Waals surface area (Å²) in [6.45, 7) is 1.28. The van der Waals surface area contributed by atoms with E-state index in [1.54, 1.807) is 0 Å². The lowest BCUT2D eigenvalue weighted by molar-refractivity contribution is -0.141. The number of hydrogen-bond donors (Lipinski definition) is 0. The minimum absolute atomic E-state index is 0.0380. The maximum absolute atomic E-state index is 12.4. The third-order valence-corrected chi connectivity index (χ3v) is 2.37. The Balaban J connectivity index is 2.98. The second kappa shape index (κ2) is 6.38. The first-order valence-electron chi connectivity index (χ1n) is 5.33. The molecule has 0 heterocycles. The summed E-state index contributed by atoms with van der Waals surface area (Å²) in [7, 11) is 0. The standard InChI is InChI=1S/C12H8ClF6NO/c1-7(8-2-4-9(13)5-3-8)20-21-10(12(17,18)19)6-11(14,15)16/h2-6H,1H3/b10-6+,20-7+. The van der Waals surface area contributed by atoms with E-state index < -0.39 is 24.2 Å². The zero-order valence-corrected chi connectivity index (χ0v) is 11.1. The first-order chi connectivity index (χ1) is 9.49. The molecule has 0 aliphatic heterocycles. The Labute approximate surface area is 120 Å². The van der Waals surface area contributed by atoms with E-state index in [4.69, 9.17) is 11.6 Å². The molecule has 0 unspecified atom stereocenters. The summed E-state index contributed by atoms with van der Waals surface area (Å²) in [6.07, 6.45) is -11.5. The van der Waals surface area contributed by atoms with Gasteiger partial charge in [-0.3, -0.25) is 0 Å². The van der Waals surface area contributed by atoms with Gasteiger partial charge in [0.2, 0.25) is 5.76 Å². The van der Waals surface area contributed by atoms with E-state index in [0.29, 0.717) is 10.6 Å². The second-order valence-electron chi connectivity index (χ2n) is 3.82. The molecule has 0 aliphatic rings. The first kappa shape index (κ1) is 17.4. The predicted octanol–water partition coefficient (Wildman–Crippen LogP) is 5.09. The van der Waals surface area contributed by atoms with E-state index in [1.807, 2.05) is 0 Å². The second-order valence-corrected chi connectivity index (χ2v) is 4.26. The molecule has 0 aromatic heterocycles. The molecule has 1 rings (SSSR count). The lowest BCUT2D eigenvalue weighted by atomic mass is 10.1. The molecule has 0 radical (unpaired) electrons. The van der Waals surface area contributed by atoms with Gasteiger partial charge in [0.15, 0.2) is 0 Å². The van der Waals surface area contributed by atoms with Gasteiger partial charge in [-0.25, -0.2) is 0 Å². The van der Waals surface area contributed by atoms with Crippen LogP contribution in [0.2, 0.25) is 5.02 Å². The SMILES string of the molecule is C/C(=N\O/C(=C/C(F)(F)F)C(F)(F)F)c1ccc(Cl)cc1. The van der Waals surface area contributed by atoms with Gasteiger partial charge in [0.1, 0.15) is 0 Å². The highest BCUT2D eigenvalue weighted by Gasteiger charge is 2.41. The van der Waals surface area contributed by atoms with Crippen LogP contribution in [-0.2, 0) is 4.84 Å². The third-order valence-electron chi connectivity index (χ3n) is 2.12. The van der Waals surface area contributed by atoms with Crippen LogP contribution in [0.4, 0.5) is 26.3 Å². The van der Waals surface area contributed by atoms with Crippen molar-refractivity contribution >= 4 is 17.3 Å². The van der Waals surface area contributed by atoms with E-state index in [2.05, 4.69) is 9.99 Å². The number of oxime groups is 1. The fourth-order valence-corrected chi connectivity index (χ4v) is 1.30. The lowest BCUT2D eigenvalue weighted by Crippen LogP contribution is -2.17. The fraction of sp³-hybridized carbons (Fsp3) is 0.250. The molecule has 0 bridgehead atoms. The van der Waals surface area contributed by atoms with Crippen LogP contribution in [-0.4, -0.2) is 18.1 Å². The summed E-state index contributed by atoms with van der Waals surface area (Å²) in [5.41, 5.74) is 0.317. The van der Waals surface area contributed by atoms with Crippen LogP contribution in [0.3, 0.4) is 0 Å². The van der Waals surface area contributed by atoms with Crippen LogP contribution in [0, 0.1) is 0 Å². The first-order valence-corrected chi connectivity index (χ1v) is 5.71. The van der Waals surface area contributed by atoms with Crippen molar-refractivity contribution < 1.29 is 31.2 Å². The maximum Gasteiger partial charge on any atom is 0.452 e. The molecule has 0 saturated carbocycles. The molecule has 21 heavy (non-hydrogen) atoms. The van der Waals surface area contributed by atoms with Gasteiger partial charge in [-0.2, -0.15) is 26.3 Å². The number of hydrogen-bond acceptors (Lipinski definition) is 2. The van der Waals surface area contributed by atoms with Gasteiger partial charge >= 0.3 is 12.4 Å². The number of rotatable bonds is 3. The molecule has 2 nitrogen and oxygen atoms in total. The zero-order chi connectivity index (χ0) is 16.3. The molecule has 9 heteroatoms. The molecular weight excluding hydrogens is 324 g/mol. The van der Waals surface area contributed by atoms with Crippen LogP contribution in [0.15, 0.2) is 41.3 Å². The largest absolute Gasteiger partial charge is 0.452 e. The van der Waals surface area contributed by atoms with Crippen molar-refractivity contribution in [2.75, 3.05) is 0 Å². The molecule has 0 spiro atoms. The van der Waals surface area contributed by atoms with E-state index in [0.717, 1.165) is 0 Å². The van der Waals surface area contributed by atoms with Gasteiger partial charge < -0.3 is 4.84 Å². The lowest BCUT2D eigenvalue weighted by Gasteiger charge is -2.11. The van der Waals surface area contributed by atoms with Gasteiger partial charge in [0.25, 0.3) is 0 Å². The Hall–Kier alpha value is -1.70. The van der Waals surface area contributed by atoms with E-state index in [9.17, 15) is 26.3 Å². The smallest absolute Gasteiger partial charge is 0.351 e. The topological polar surface area (TPSA) is 21.6 Å². The van der Waals surface area contributed by atoms with Gasteiger partial charge in [0.05, 0.1) is 11.8 Å². The maximum atomic E-state index is 12.4. The van der Waals surface area contributed by atoms with Crippen LogP contribution >= 0.6 is 11.6 Å². The monoisotopic (exact) mass is 331 g/mol. The van der Waals surface area contributed by atoms with Crippen LogP contribution < -0.4 is 0 Å². The zero-order valence-electron chi connectivity index (χ0n) is 10.4. The van der Waals surface area contributed by atoms with Crippen molar-refractivity contribution in [3.8, 4) is 0 Å². The van der Waals surface area contributed by atoms with Crippen molar-refractivity contribution in [2.24, 2.45) is 5.16 Å². The molecule has 1 aromatic carbocycles. The Morgan fingerprint density at radius 3 is 2.05 bits per heavy atom. The minimum atomic E-state index is -5.31. The molecule has 0 N–H and O–H groups in total. The van der Waals surface area contributed by atoms with Crippen molar-refractivity contribution in [2.45, 2.75) is 19.3 Å². The quantitative estimate of drug-likeness (QED) is 0.327. The Morgan fingerprint density at radius 1 is 1.10 bits per heavy atom. The highest BCUT2D eigenvalue weighted by atomic mass is 35.5. The Bertz CT molecular complexity index is 544. The van der Waals surface area contributed by atoms with Crippen molar-refractivity contribution in [1.29, 1.82) is 0 Å². The van der Waals surface area contributed by atoms with E-state index >= 15 is 0 Å². The Kier molecular flexibility index (Phi) is 5.27. The van der Waals surface area contributed by atoms with Crippen LogP contribution in [0.1, 0.15) is 12.5 Å². The van der Waals surface area contributed by atoms with Crippen LogP contribution in [0.25, 0.3) is 0 Å². The molecule has 0 fully saturated rings. The van der Waals surface area contributed by atoms with Gasteiger partial charge in [-0.1, -0.05) is 28.9 Å². The molecule has 0 saturated heterocycles. The minimum Gasteiger partial charge on any atom is -0.351 e. The number of alkyl halides is 6. The van der Waals surface area contributed by atoms with Crippen molar-refractivity contribution in [3.05, 3.63) is 46.7 Å². The summed E-state index contributed by atoms with van der Waals surface area (Å²) in [6, 6.07) is 5.77. The molecule has 0 aliphatic carbocycles. The predicted molar refractivity (Wildman–Crippen MR) is 64.9 cm³/mol. The molecular formula is C12H8ClF6NO. The summed E-state index contributed by atoms with van der Waals surface area (Å²) in [5.74, 6) is -2.25. The summed E-state index contributed by atoms with van der Waals surface area (Å²) >= 11 is 5.62.